The highest BCUT2D eigenvalue weighted by atomic mass is 16.6. The van der Waals surface area contributed by atoms with Crippen LogP contribution in [0.3, 0.4) is 0 Å². The molecule has 0 atom stereocenters. The van der Waals surface area contributed by atoms with Crippen molar-refractivity contribution in [2.45, 2.75) is 13.2 Å². The van der Waals surface area contributed by atoms with Crippen molar-refractivity contribution in [3.05, 3.63) is 183 Å². The van der Waals surface area contributed by atoms with Gasteiger partial charge in [-0.3, -0.25) is 20.2 Å². The lowest BCUT2D eigenvalue weighted by atomic mass is 10.2. The van der Waals surface area contributed by atoms with Gasteiger partial charge in [-0.05, 0) is 47.5 Å². The summed E-state index contributed by atoms with van der Waals surface area (Å²) in [5.41, 5.74) is 1.15. The summed E-state index contributed by atoms with van der Waals surface area (Å²) in [6.45, 7) is 0.159. The number of carbonyl (C=O) groups is 1. The van der Waals surface area contributed by atoms with Crippen LogP contribution in [0.2, 0.25) is 0 Å². The largest absolute Gasteiger partial charge is 0.482 e. The molecule has 0 aromatic heterocycles. The molecule has 0 amide bonds. The van der Waals surface area contributed by atoms with Crippen LogP contribution in [0.1, 0.15) is 21.5 Å². The molecule has 0 heterocycles. The lowest BCUT2D eigenvalue weighted by molar-refractivity contribution is -0.386. The fourth-order valence-corrected chi connectivity index (χ4v) is 4.85. The smallest absolute Gasteiger partial charge is 0.343 e. The summed E-state index contributed by atoms with van der Waals surface area (Å²) in [4.78, 5) is 35.7. The first-order chi connectivity index (χ1) is 24.8. The molecule has 0 aliphatic carbocycles. The summed E-state index contributed by atoms with van der Waals surface area (Å²) in [7, 11) is 0. The van der Waals surface area contributed by atoms with E-state index in [9.17, 15) is 25.0 Å². The lowest BCUT2D eigenvalue weighted by Crippen LogP contribution is -2.09. The zero-order valence-electron chi connectivity index (χ0n) is 26.7. The number of rotatable bonds is 14. The molecule has 6 aromatic rings. The normalized spacial score (nSPS) is 10.5. The number of esters is 1. The van der Waals surface area contributed by atoms with E-state index in [1.54, 1.807) is 30.3 Å². The minimum absolute atomic E-state index is 0.0219. The van der Waals surface area contributed by atoms with Crippen LogP contribution in [0.5, 0.6) is 40.2 Å². The molecular weight excluding hydrogens is 656 g/mol. The monoisotopic (exact) mass is 684 g/mol. The predicted molar refractivity (Wildman–Crippen MR) is 186 cm³/mol. The molecule has 0 aliphatic heterocycles. The Balaban J connectivity index is 1.30. The number of nitro groups is 2. The van der Waals surface area contributed by atoms with Crippen LogP contribution in [0.15, 0.2) is 146 Å². The highest BCUT2D eigenvalue weighted by Crippen LogP contribution is 2.38. The average Bonchev–Trinajstić information content (AvgIpc) is 3.14. The van der Waals surface area contributed by atoms with Crippen LogP contribution < -0.4 is 23.7 Å². The molecule has 0 fully saturated rings. The van der Waals surface area contributed by atoms with E-state index in [4.69, 9.17) is 23.7 Å². The zero-order valence-corrected chi connectivity index (χ0v) is 26.7. The van der Waals surface area contributed by atoms with Crippen LogP contribution >= 0.6 is 0 Å². The first-order valence-electron chi connectivity index (χ1n) is 15.5. The molecule has 0 aliphatic rings. The fourth-order valence-electron chi connectivity index (χ4n) is 4.85. The standard InChI is InChI=1S/C39H28N2O10/c42-39(51-30-14-8-3-9-15-30)29-20-33(49-31-16-18-35(40(43)44)37(23-31)47-25-27-10-4-1-5-11-27)22-34(21-29)50-32-17-19-36(41(45)46)38(24-32)48-26-28-12-6-2-7-13-28/h1-24H,25-26H2. The third-order valence-corrected chi connectivity index (χ3v) is 7.27. The van der Waals surface area contributed by atoms with Crippen molar-refractivity contribution in [1.29, 1.82) is 0 Å². The van der Waals surface area contributed by atoms with E-state index >= 15 is 0 Å². The Hall–Kier alpha value is -7.21. The van der Waals surface area contributed by atoms with E-state index in [1.807, 2.05) is 60.7 Å². The van der Waals surface area contributed by atoms with Gasteiger partial charge in [-0.15, -0.1) is 0 Å². The minimum Gasteiger partial charge on any atom is -0.482 e. The Bertz CT molecular complexity index is 2040. The van der Waals surface area contributed by atoms with Crippen LogP contribution in [-0.2, 0) is 13.2 Å². The number of hydrogen-bond donors (Lipinski definition) is 0. The Labute approximate surface area is 291 Å². The fraction of sp³-hybridized carbons (Fsp3) is 0.0513. The average molecular weight is 685 g/mol. The van der Waals surface area contributed by atoms with Gasteiger partial charge in [0.1, 0.15) is 42.0 Å². The van der Waals surface area contributed by atoms with Crippen LogP contribution in [-0.4, -0.2) is 15.8 Å². The maximum Gasteiger partial charge on any atom is 0.343 e. The zero-order chi connectivity index (χ0) is 35.6. The van der Waals surface area contributed by atoms with Gasteiger partial charge >= 0.3 is 17.3 Å². The van der Waals surface area contributed by atoms with Gasteiger partial charge in [0.15, 0.2) is 0 Å². The molecule has 51 heavy (non-hydrogen) atoms. The summed E-state index contributed by atoms with van der Waals surface area (Å²) in [5, 5.41) is 23.5. The number of benzene rings is 6. The summed E-state index contributed by atoms with van der Waals surface area (Å²) < 4.78 is 29.3. The molecule has 0 unspecified atom stereocenters. The first-order valence-corrected chi connectivity index (χ1v) is 15.5. The van der Waals surface area contributed by atoms with Crippen molar-refractivity contribution < 1.29 is 38.3 Å². The van der Waals surface area contributed by atoms with Gasteiger partial charge < -0.3 is 23.7 Å². The van der Waals surface area contributed by atoms with Crippen molar-refractivity contribution in [3.63, 3.8) is 0 Å². The van der Waals surface area contributed by atoms with Crippen molar-refractivity contribution in [2.75, 3.05) is 0 Å². The Morgan fingerprint density at radius 1 is 0.490 bits per heavy atom. The molecule has 12 heteroatoms. The number of carbonyl (C=O) groups excluding carboxylic acids is 1. The summed E-state index contributed by atoms with van der Waals surface area (Å²) in [5.74, 6) is 0.142. The second-order valence-corrected chi connectivity index (χ2v) is 10.9. The topological polar surface area (TPSA) is 150 Å². The van der Waals surface area contributed by atoms with Gasteiger partial charge in [-0.1, -0.05) is 78.9 Å². The van der Waals surface area contributed by atoms with Gasteiger partial charge in [-0.25, -0.2) is 4.79 Å². The Morgan fingerprint density at radius 3 is 1.35 bits per heavy atom. The van der Waals surface area contributed by atoms with Crippen molar-refractivity contribution >= 4 is 17.3 Å². The predicted octanol–water partition coefficient (Wildman–Crippen LogP) is 9.46. The number of ether oxygens (including phenoxy) is 5. The maximum absolute atomic E-state index is 13.3. The summed E-state index contributed by atoms with van der Waals surface area (Å²) >= 11 is 0. The third-order valence-electron chi connectivity index (χ3n) is 7.27. The molecule has 254 valence electrons. The number of hydrogen-bond acceptors (Lipinski definition) is 10. The SMILES string of the molecule is O=C(Oc1ccccc1)c1cc(Oc2ccc([N+](=O)[O-])c(OCc3ccccc3)c2)cc(Oc2ccc([N+](=O)[O-])c(OCc3ccccc3)c2)c1. The molecule has 0 bridgehead atoms. The van der Waals surface area contributed by atoms with Crippen molar-refractivity contribution in [2.24, 2.45) is 0 Å². The quantitative estimate of drug-likeness (QED) is 0.0470. The first kappa shape index (κ1) is 33.7. The van der Waals surface area contributed by atoms with E-state index in [0.717, 1.165) is 11.1 Å². The summed E-state index contributed by atoms with van der Waals surface area (Å²) in [6.07, 6.45) is 0. The molecule has 0 N–H and O–H groups in total. The third kappa shape index (κ3) is 9.03. The van der Waals surface area contributed by atoms with Crippen molar-refractivity contribution in [3.8, 4) is 40.2 Å². The lowest BCUT2D eigenvalue weighted by Gasteiger charge is -2.14. The second kappa shape index (κ2) is 15.8. The van der Waals surface area contributed by atoms with Gasteiger partial charge in [0.25, 0.3) is 0 Å². The molecule has 6 aromatic carbocycles. The van der Waals surface area contributed by atoms with Gasteiger partial charge in [-0.2, -0.15) is 0 Å². The minimum atomic E-state index is -0.720. The van der Waals surface area contributed by atoms with Crippen LogP contribution in [0, 0.1) is 20.2 Å². The second-order valence-electron chi connectivity index (χ2n) is 10.9. The molecule has 6 rings (SSSR count). The van der Waals surface area contributed by atoms with E-state index in [0.29, 0.717) is 5.75 Å². The number of nitro benzene ring substituents is 2. The van der Waals surface area contributed by atoms with Gasteiger partial charge in [0.05, 0.1) is 15.4 Å². The van der Waals surface area contributed by atoms with Gasteiger partial charge in [0, 0.05) is 30.3 Å². The van der Waals surface area contributed by atoms with E-state index in [-0.39, 0.29) is 64.6 Å². The molecular formula is C39H28N2O10. The van der Waals surface area contributed by atoms with Gasteiger partial charge in [0.2, 0.25) is 11.5 Å². The van der Waals surface area contributed by atoms with E-state index in [1.165, 1.54) is 54.6 Å². The van der Waals surface area contributed by atoms with Crippen LogP contribution in [0.4, 0.5) is 11.4 Å². The van der Waals surface area contributed by atoms with E-state index in [2.05, 4.69) is 0 Å². The summed E-state index contributed by atoms with van der Waals surface area (Å²) in [6, 6.07) is 39.2. The molecule has 0 saturated carbocycles. The highest BCUT2D eigenvalue weighted by molar-refractivity contribution is 5.92. The highest BCUT2D eigenvalue weighted by Gasteiger charge is 2.20. The molecule has 0 radical (unpaired) electrons. The van der Waals surface area contributed by atoms with Crippen molar-refractivity contribution in [1.82, 2.24) is 0 Å². The Morgan fingerprint density at radius 2 is 0.922 bits per heavy atom. The number of para-hydroxylation sites is 1. The molecule has 12 nitrogen and oxygen atoms in total. The number of nitrogens with zero attached hydrogens (tertiary/aromatic N) is 2. The molecule has 0 spiro atoms. The van der Waals surface area contributed by atoms with E-state index < -0.39 is 15.8 Å². The maximum atomic E-state index is 13.3. The Kier molecular flexibility index (Phi) is 10.4. The molecule has 0 saturated heterocycles. The van der Waals surface area contributed by atoms with Crippen LogP contribution in [0.25, 0.3) is 0 Å².